The van der Waals surface area contributed by atoms with Crippen LogP contribution < -0.4 is 16.2 Å². The zero-order valence-corrected chi connectivity index (χ0v) is 16.5. The van der Waals surface area contributed by atoms with Gasteiger partial charge >= 0.3 is 5.69 Å². The van der Waals surface area contributed by atoms with Gasteiger partial charge in [-0.15, -0.1) is 0 Å². The van der Waals surface area contributed by atoms with Crippen LogP contribution in [0.1, 0.15) is 18.5 Å². The number of benzene rings is 1. The molecule has 0 saturated carbocycles. The Hall–Kier alpha value is -3.13. The molecule has 0 atom stereocenters. The summed E-state index contributed by atoms with van der Waals surface area (Å²) in [6.45, 7) is 2.61. The van der Waals surface area contributed by atoms with Crippen LogP contribution >= 0.6 is 0 Å². The Kier molecular flexibility index (Phi) is 5.35. The number of hydrogen-bond donors (Lipinski definition) is 1. The van der Waals surface area contributed by atoms with Crippen LogP contribution in [0.5, 0.6) is 5.75 Å². The molecule has 3 aromatic rings. The minimum Gasteiger partial charge on any atom is -0.490 e. The van der Waals surface area contributed by atoms with E-state index in [1.807, 2.05) is 41.1 Å². The summed E-state index contributed by atoms with van der Waals surface area (Å²) in [5.74, 6) is 0.462. The number of aryl methyl sites for hydroxylation is 1. The number of ether oxygens (including phenoxy) is 1. The molecule has 0 spiro atoms. The first-order valence-corrected chi connectivity index (χ1v) is 9.77. The van der Waals surface area contributed by atoms with Crippen LogP contribution in [0.3, 0.4) is 0 Å². The van der Waals surface area contributed by atoms with Gasteiger partial charge in [-0.05, 0) is 37.1 Å². The average molecular weight is 395 g/mol. The van der Waals surface area contributed by atoms with Crippen LogP contribution in [0.25, 0.3) is 10.9 Å². The molecule has 1 fully saturated rings. The summed E-state index contributed by atoms with van der Waals surface area (Å²) < 4.78 is 9.61. The summed E-state index contributed by atoms with van der Waals surface area (Å²) >= 11 is 0. The fourth-order valence-electron chi connectivity index (χ4n) is 3.79. The maximum atomic E-state index is 11.7. The normalized spacial score (nSPS) is 15.6. The molecule has 1 aliphatic heterocycles. The molecule has 1 aliphatic rings. The van der Waals surface area contributed by atoms with Crippen LogP contribution in [-0.4, -0.2) is 44.1 Å². The molecule has 0 aliphatic carbocycles. The Morgan fingerprint density at radius 1 is 1.21 bits per heavy atom. The third-order valence-corrected chi connectivity index (χ3v) is 5.35. The van der Waals surface area contributed by atoms with Gasteiger partial charge in [-0.1, -0.05) is 6.07 Å². The van der Waals surface area contributed by atoms with Crippen LogP contribution in [-0.2, 0) is 24.9 Å². The number of carbonyl (C=O) groups is 1. The molecule has 152 valence electrons. The zero-order chi connectivity index (χ0) is 20.4. The lowest BCUT2D eigenvalue weighted by molar-refractivity contribution is -0.118. The lowest BCUT2D eigenvalue weighted by atomic mass is 10.1. The number of hydrogen-bond acceptors (Lipinski definition) is 5. The van der Waals surface area contributed by atoms with Crippen molar-refractivity contribution in [2.45, 2.75) is 32.0 Å². The van der Waals surface area contributed by atoms with E-state index in [2.05, 4.69) is 9.88 Å². The van der Waals surface area contributed by atoms with E-state index >= 15 is 0 Å². The van der Waals surface area contributed by atoms with Crippen molar-refractivity contribution in [3.05, 3.63) is 58.9 Å². The largest absolute Gasteiger partial charge is 0.490 e. The molecule has 2 N–H and O–H groups in total. The summed E-state index contributed by atoms with van der Waals surface area (Å²) in [6, 6.07) is 9.72. The summed E-state index contributed by atoms with van der Waals surface area (Å²) in [5, 5.41) is 0.987. The van der Waals surface area contributed by atoms with E-state index in [1.165, 1.54) is 4.57 Å². The minimum atomic E-state index is -0.369. The Balaban J connectivity index is 1.38. The summed E-state index contributed by atoms with van der Waals surface area (Å²) in [6.07, 6.45) is 5.56. The monoisotopic (exact) mass is 395 g/mol. The number of fused-ring (bicyclic) bond motifs is 1. The zero-order valence-electron chi connectivity index (χ0n) is 16.5. The maximum absolute atomic E-state index is 11.7. The predicted molar refractivity (Wildman–Crippen MR) is 110 cm³/mol. The third kappa shape index (κ3) is 4.32. The SMILES string of the molecule is Cn1ccc(CN2CCC(Oc3cccc4c3ccn4CC(N)=O)CC2)nc1=O. The van der Waals surface area contributed by atoms with Gasteiger partial charge in [0.05, 0.1) is 11.2 Å². The topological polar surface area (TPSA) is 95.4 Å². The van der Waals surface area contributed by atoms with Crippen LogP contribution in [0.4, 0.5) is 0 Å². The first-order chi connectivity index (χ1) is 14.0. The van der Waals surface area contributed by atoms with Gasteiger partial charge in [0.2, 0.25) is 5.91 Å². The van der Waals surface area contributed by atoms with Crippen molar-refractivity contribution in [1.29, 1.82) is 0 Å². The molecule has 0 radical (unpaired) electrons. The molecule has 1 aromatic carbocycles. The molecule has 0 bridgehead atoms. The fraction of sp³-hybridized carbons (Fsp3) is 0.381. The number of likely N-dealkylation sites (tertiary alicyclic amines) is 1. The quantitative estimate of drug-likeness (QED) is 0.678. The summed E-state index contributed by atoms with van der Waals surface area (Å²) in [4.78, 5) is 29.3. The molecule has 2 aromatic heterocycles. The number of primary amides is 1. The standard InChI is InChI=1S/C21H25N5O3/c1-24-9-5-15(23-21(24)28)13-25-10-6-16(7-11-25)29-19-4-2-3-18-17(19)8-12-26(18)14-20(22)27/h2-5,8-9,12,16H,6-7,10-11,13-14H2,1H3,(H2,22,27). The van der Waals surface area contributed by atoms with Crippen molar-refractivity contribution in [3.63, 3.8) is 0 Å². The van der Waals surface area contributed by atoms with Gasteiger partial charge in [-0.25, -0.2) is 4.79 Å². The van der Waals surface area contributed by atoms with E-state index in [9.17, 15) is 9.59 Å². The summed E-state index contributed by atoms with van der Waals surface area (Å²) in [7, 11) is 1.70. The molecule has 0 unspecified atom stereocenters. The highest BCUT2D eigenvalue weighted by molar-refractivity contribution is 5.87. The van der Waals surface area contributed by atoms with Crippen molar-refractivity contribution in [2.24, 2.45) is 12.8 Å². The van der Waals surface area contributed by atoms with E-state index in [0.29, 0.717) is 6.54 Å². The number of nitrogens with zero attached hydrogens (tertiary/aromatic N) is 4. The minimum absolute atomic E-state index is 0.132. The van der Waals surface area contributed by atoms with Crippen LogP contribution in [0.15, 0.2) is 47.5 Å². The number of piperidine rings is 1. The molecule has 3 heterocycles. The lowest BCUT2D eigenvalue weighted by Gasteiger charge is -2.32. The second kappa shape index (κ2) is 8.08. The van der Waals surface area contributed by atoms with Gasteiger partial charge in [-0.3, -0.25) is 9.69 Å². The number of carbonyl (C=O) groups excluding carboxylic acids is 1. The first-order valence-electron chi connectivity index (χ1n) is 9.77. The lowest BCUT2D eigenvalue weighted by Crippen LogP contribution is -2.38. The van der Waals surface area contributed by atoms with Crippen molar-refractivity contribution in [2.75, 3.05) is 13.1 Å². The Morgan fingerprint density at radius 3 is 2.72 bits per heavy atom. The molecular weight excluding hydrogens is 370 g/mol. The maximum Gasteiger partial charge on any atom is 0.347 e. The number of aromatic nitrogens is 3. The van der Waals surface area contributed by atoms with Gasteiger partial charge in [0.15, 0.2) is 0 Å². The van der Waals surface area contributed by atoms with Crippen molar-refractivity contribution in [3.8, 4) is 5.75 Å². The van der Waals surface area contributed by atoms with E-state index in [-0.39, 0.29) is 24.2 Å². The third-order valence-electron chi connectivity index (χ3n) is 5.35. The predicted octanol–water partition coefficient (Wildman–Crippen LogP) is 1.26. The van der Waals surface area contributed by atoms with Crippen LogP contribution in [0, 0.1) is 0 Å². The summed E-state index contributed by atoms with van der Waals surface area (Å²) in [5.41, 5.74) is 6.84. The van der Waals surface area contributed by atoms with Crippen molar-refractivity contribution in [1.82, 2.24) is 19.0 Å². The van der Waals surface area contributed by atoms with E-state index in [0.717, 1.165) is 48.3 Å². The molecule has 29 heavy (non-hydrogen) atoms. The number of nitrogens with two attached hydrogens (primary N) is 1. The Morgan fingerprint density at radius 2 is 2.00 bits per heavy atom. The van der Waals surface area contributed by atoms with Crippen molar-refractivity contribution >= 4 is 16.8 Å². The van der Waals surface area contributed by atoms with E-state index < -0.39 is 0 Å². The number of amides is 1. The second-order valence-electron chi connectivity index (χ2n) is 7.50. The first kappa shape index (κ1) is 19.2. The average Bonchev–Trinajstić information content (AvgIpc) is 3.10. The molecule has 8 heteroatoms. The van der Waals surface area contributed by atoms with Crippen molar-refractivity contribution < 1.29 is 9.53 Å². The van der Waals surface area contributed by atoms with Gasteiger partial charge in [-0.2, -0.15) is 4.98 Å². The Labute approximate surface area is 168 Å². The molecule has 8 nitrogen and oxygen atoms in total. The Bertz CT molecular complexity index is 1080. The van der Waals surface area contributed by atoms with E-state index in [1.54, 1.807) is 13.2 Å². The highest BCUT2D eigenvalue weighted by atomic mass is 16.5. The molecular formula is C21H25N5O3. The van der Waals surface area contributed by atoms with Gasteiger partial charge in [0.1, 0.15) is 18.4 Å². The molecule has 1 saturated heterocycles. The van der Waals surface area contributed by atoms with Gasteiger partial charge in [0.25, 0.3) is 0 Å². The van der Waals surface area contributed by atoms with Crippen LogP contribution in [0.2, 0.25) is 0 Å². The van der Waals surface area contributed by atoms with Gasteiger partial charge in [0, 0.05) is 44.5 Å². The molecule has 4 rings (SSSR count). The smallest absolute Gasteiger partial charge is 0.347 e. The van der Waals surface area contributed by atoms with Gasteiger partial charge < -0.3 is 19.6 Å². The highest BCUT2D eigenvalue weighted by Gasteiger charge is 2.22. The highest BCUT2D eigenvalue weighted by Crippen LogP contribution is 2.29. The second-order valence-corrected chi connectivity index (χ2v) is 7.50. The number of rotatable bonds is 6. The fourth-order valence-corrected chi connectivity index (χ4v) is 3.79. The molecule has 1 amide bonds. The van der Waals surface area contributed by atoms with E-state index in [4.69, 9.17) is 10.5 Å².